The van der Waals surface area contributed by atoms with Crippen LogP contribution in [0.1, 0.15) is 64.0 Å². The fourth-order valence-corrected chi connectivity index (χ4v) is 4.80. The number of aryl methyl sites for hydroxylation is 2. The number of carbonyl (C=O) groups excluding carboxylic acids is 1. The van der Waals surface area contributed by atoms with Gasteiger partial charge in [-0.1, -0.05) is 24.9 Å². The number of hydrogen-bond donors (Lipinski definition) is 1. The molecule has 1 N–H and O–H groups in total. The Labute approximate surface area is 145 Å². The third-order valence-electron chi connectivity index (χ3n) is 4.66. The molecule has 0 fully saturated rings. The average Bonchev–Trinajstić information content (AvgIpc) is 3.06. The van der Waals surface area contributed by atoms with Gasteiger partial charge in [-0.3, -0.25) is 4.79 Å². The first-order valence-corrected chi connectivity index (χ1v) is 9.15. The van der Waals surface area contributed by atoms with E-state index in [9.17, 15) is 10.1 Å². The van der Waals surface area contributed by atoms with Crippen LogP contribution in [0.25, 0.3) is 0 Å². The standard InChI is InChI=1S/C18H21N3O2S/c1-4-5-12-6-7-13-14(9-19)18(24-15(13)8-12)20-17(22)16-10(2)21-23-11(16)3/h12H,4-8H2,1-3H3,(H,20,22)/t12-/m1/s1. The number of nitrogens with zero attached hydrogens (tertiary/aromatic N) is 2. The van der Waals surface area contributed by atoms with Gasteiger partial charge in [0.2, 0.25) is 0 Å². The fourth-order valence-electron chi connectivity index (χ4n) is 3.49. The number of carbonyl (C=O) groups is 1. The summed E-state index contributed by atoms with van der Waals surface area (Å²) in [7, 11) is 0. The Morgan fingerprint density at radius 1 is 1.50 bits per heavy atom. The molecule has 0 unspecified atom stereocenters. The first-order chi connectivity index (χ1) is 11.5. The predicted octanol–water partition coefficient (Wildman–Crippen LogP) is 4.38. The first-order valence-electron chi connectivity index (χ1n) is 8.34. The number of nitrogens with one attached hydrogen (secondary N) is 1. The third-order valence-corrected chi connectivity index (χ3v) is 5.83. The lowest BCUT2D eigenvalue weighted by Crippen LogP contribution is -2.14. The van der Waals surface area contributed by atoms with Crippen LogP contribution in [-0.4, -0.2) is 11.1 Å². The highest BCUT2D eigenvalue weighted by Gasteiger charge is 2.27. The van der Waals surface area contributed by atoms with Crippen LogP contribution < -0.4 is 5.32 Å². The Balaban J connectivity index is 1.87. The van der Waals surface area contributed by atoms with E-state index in [-0.39, 0.29) is 5.91 Å². The highest BCUT2D eigenvalue weighted by Crippen LogP contribution is 2.40. The molecule has 126 valence electrons. The van der Waals surface area contributed by atoms with Gasteiger partial charge in [-0.25, -0.2) is 0 Å². The van der Waals surface area contributed by atoms with E-state index in [0.29, 0.717) is 33.5 Å². The van der Waals surface area contributed by atoms with Gasteiger partial charge < -0.3 is 9.84 Å². The van der Waals surface area contributed by atoms with Crippen LogP contribution in [0.3, 0.4) is 0 Å². The minimum Gasteiger partial charge on any atom is -0.361 e. The molecule has 6 heteroatoms. The minimum atomic E-state index is -0.258. The van der Waals surface area contributed by atoms with Gasteiger partial charge in [-0.05, 0) is 44.6 Å². The molecule has 3 rings (SSSR count). The second-order valence-corrected chi connectivity index (χ2v) is 7.48. The van der Waals surface area contributed by atoms with Crippen molar-refractivity contribution < 1.29 is 9.32 Å². The number of thiophene rings is 1. The van der Waals surface area contributed by atoms with Crippen LogP contribution in [0.15, 0.2) is 4.52 Å². The van der Waals surface area contributed by atoms with Crippen molar-refractivity contribution in [2.45, 2.75) is 52.9 Å². The molecule has 0 aromatic carbocycles. The molecule has 2 heterocycles. The van der Waals surface area contributed by atoms with Crippen LogP contribution in [0.4, 0.5) is 5.00 Å². The topological polar surface area (TPSA) is 78.9 Å². The van der Waals surface area contributed by atoms with Gasteiger partial charge in [0.1, 0.15) is 22.4 Å². The number of anilines is 1. The van der Waals surface area contributed by atoms with E-state index >= 15 is 0 Å². The number of amides is 1. The van der Waals surface area contributed by atoms with Crippen LogP contribution >= 0.6 is 11.3 Å². The lowest BCUT2D eigenvalue weighted by atomic mass is 9.85. The second kappa shape index (κ2) is 6.78. The number of hydrogen-bond acceptors (Lipinski definition) is 5. The Hall–Kier alpha value is -2.13. The van der Waals surface area contributed by atoms with Crippen molar-refractivity contribution in [1.29, 1.82) is 5.26 Å². The lowest BCUT2D eigenvalue weighted by molar-refractivity contribution is 0.102. The van der Waals surface area contributed by atoms with Gasteiger partial charge in [0, 0.05) is 4.88 Å². The van der Waals surface area contributed by atoms with E-state index in [1.807, 2.05) is 0 Å². The van der Waals surface area contributed by atoms with E-state index < -0.39 is 0 Å². The zero-order valence-corrected chi connectivity index (χ0v) is 15.0. The Kier molecular flexibility index (Phi) is 4.72. The summed E-state index contributed by atoms with van der Waals surface area (Å²) in [6.45, 7) is 5.67. The van der Waals surface area contributed by atoms with Gasteiger partial charge >= 0.3 is 0 Å². The van der Waals surface area contributed by atoms with Gasteiger partial charge in [0.25, 0.3) is 5.91 Å². The smallest absolute Gasteiger partial charge is 0.261 e. The number of aromatic nitrogens is 1. The maximum absolute atomic E-state index is 12.6. The van der Waals surface area contributed by atoms with E-state index in [0.717, 1.165) is 24.8 Å². The Bertz CT molecular complexity index is 794. The predicted molar refractivity (Wildman–Crippen MR) is 93.4 cm³/mol. The van der Waals surface area contributed by atoms with Crippen molar-refractivity contribution in [2.75, 3.05) is 5.32 Å². The van der Waals surface area contributed by atoms with Gasteiger partial charge in [0.05, 0.1) is 11.3 Å². The third kappa shape index (κ3) is 2.96. The molecule has 2 aromatic rings. The quantitative estimate of drug-likeness (QED) is 0.893. The minimum absolute atomic E-state index is 0.258. The molecule has 5 nitrogen and oxygen atoms in total. The van der Waals surface area contributed by atoms with Crippen LogP contribution in [-0.2, 0) is 12.8 Å². The number of rotatable bonds is 4. The van der Waals surface area contributed by atoms with E-state index in [2.05, 4.69) is 23.5 Å². The molecule has 1 amide bonds. The van der Waals surface area contributed by atoms with Crippen molar-refractivity contribution >= 4 is 22.2 Å². The summed E-state index contributed by atoms with van der Waals surface area (Å²) in [6, 6.07) is 2.29. The Morgan fingerprint density at radius 3 is 2.92 bits per heavy atom. The monoisotopic (exact) mass is 343 g/mol. The van der Waals surface area contributed by atoms with Gasteiger partial charge in [0.15, 0.2) is 0 Å². The first kappa shape index (κ1) is 16.7. The summed E-state index contributed by atoms with van der Waals surface area (Å²) >= 11 is 1.55. The molecule has 0 saturated heterocycles. The highest BCUT2D eigenvalue weighted by atomic mass is 32.1. The van der Waals surface area contributed by atoms with Crippen LogP contribution in [0, 0.1) is 31.1 Å². The summed E-state index contributed by atoms with van der Waals surface area (Å²) < 4.78 is 5.06. The van der Waals surface area contributed by atoms with Crippen molar-refractivity contribution in [1.82, 2.24) is 5.16 Å². The SMILES string of the molecule is CCC[C@@H]1CCc2c(sc(NC(=O)c3c(C)noc3C)c2C#N)C1. The van der Waals surface area contributed by atoms with Gasteiger partial charge in [-0.2, -0.15) is 5.26 Å². The summed E-state index contributed by atoms with van der Waals surface area (Å²) in [6.07, 6.45) is 5.49. The second-order valence-electron chi connectivity index (χ2n) is 6.37. The lowest BCUT2D eigenvalue weighted by Gasteiger charge is -2.21. The summed E-state index contributed by atoms with van der Waals surface area (Å²) in [5.41, 5.74) is 2.77. The highest BCUT2D eigenvalue weighted by molar-refractivity contribution is 7.16. The molecule has 0 spiro atoms. The fraction of sp³-hybridized carbons (Fsp3) is 0.500. The molecule has 0 radical (unpaired) electrons. The van der Waals surface area contributed by atoms with E-state index in [1.54, 1.807) is 25.2 Å². The molecule has 1 atom stereocenters. The van der Waals surface area contributed by atoms with Crippen molar-refractivity contribution in [3.63, 3.8) is 0 Å². The van der Waals surface area contributed by atoms with Crippen molar-refractivity contribution in [2.24, 2.45) is 5.92 Å². The maximum Gasteiger partial charge on any atom is 0.261 e. The van der Waals surface area contributed by atoms with Crippen molar-refractivity contribution in [3.8, 4) is 6.07 Å². The average molecular weight is 343 g/mol. The summed E-state index contributed by atoms with van der Waals surface area (Å²) in [4.78, 5) is 13.8. The molecule has 24 heavy (non-hydrogen) atoms. The van der Waals surface area contributed by atoms with Gasteiger partial charge in [-0.15, -0.1) is 11.3 Å². The maximum atomic E-state index is 12.6. The van der Waals surface area contributed by atoms with Crippen LogP contribution in [0.2, 0.25) is 0 Å². The molecule has 0 bridgehead atoms. The van der Waals surface area contributed by atoms with Crippen molar-refractivity contribution in [3.05, 3.63) is 33.0 Å². The molecular formula is C18H21N3O2S. The zero-order chi connectivity index (χ0) is 17.3. The molecule has 1 aliphatic carbocycles. The van der Waals surface area contributed by atoms with Crippen LogP contribution in [0.5, 0.6) is 0 Å². The molecular weight excluding hydrogens is 322 g/mol. The molecule has 0 aliphatic heterocycles. The van der Waals surface area contributed by atoms with E-state index in [4.69, 9.17) is 4.52 Å². The summed E-state index contributed by atoms with van der Waals surface area (Å²) in [5.74, 6) is 0.929. The molecule has 1 aliphatic rings. The largest absolute Gasteiger partial charge is 0.361 e. The Morgan fingerprint density at radius 2 is 2.29 bits per heavy atom. The summed E-state index contributed by atoms with van der Waals surface area (Å²) in [5, 5.41) is 16.9. The number of fused-ring (bicyclic) bond motifs is 1. The molecule has 0 saturated carbocycles. The van der Waals surface area contributed by atoms with E-state index in [1.165, 1.54) is 17.7 Å². The molecule has 2 aromatic heterocycles. The number of nitriles is 1. The normalized spacial score (nSPS) is 16.5. The zero-order valence-electron chi connectivity index (χ0n) is 14.2.